The highest BCUT2D eigenvalue weighted by atomic mass is 16.3. The maximum Gasteiger partial charge on any atom is 0.209 e. The predicted octanol–water partition coefficient (Wildman–Crippen LogP) is 2.25. The van der Waals surface area contributed by atoms with Gasteiger partial charge in [0.1, 0.15) is 22.8 Å². The van der Waals surface area contributed by atoms with E-state index in [1.165, 1.54) is 6.07 Å². The van der Waals surface area contributed by atoms with Crippen LogP contribution in [0.15, 0.2) is 34.8 Å². The van der Waals surface area contributed by atoms with Gasteiger partial charge in [-0.2, -0.15) is 0 Å². The zero-order valence-corrected chi connectivity index (χ0v) is 16.2. The van der Waals surface area contributed by atoms with Gasteiger partial charge in [0.25, 0.3) is 0 Å². The van der Waals surface area contributed by atoms with Gasteiger partial charge in [0.15, 0.2) is 17.2 Å². The van der Waals surface area contributed by atoms with Crippen LogP contribution in [0.3, 0.4) is 0 Å². The molecule has 0 aliphatic heterocycles. The van der Waals surface area contributed by atoms with Crippen molar-refractivity contribution in [3.05, 3.63) is 51.5 Å². The molecule has 3 aliphatic carbocycles. The van der Waals surface area contributed by atoms with Crippen LogP contribution >= 0.6 is 0 Å². The lowest BCUT2D eigenvalue weighted by atomic mass is 9.60. The van der Waals surface area contributed by atoms with E-state index in [1.54, 1.807) is 6.07 Å². The number of fused-ring (bicyclic) bond motifs is 3. The van der Waals surface area contributed by atoms with Gasteiger partial charge in [-0.1, -0.05) is 13.0 Å². The normalized spacial score (nSPS) is 28.8. The van der Waals surface area contributed by atoms with Gasteiger partial charge in [0.05, 0.1) is 5.56 Å². The summed E-state index contributed by atoms with van der Waals surface area (Å²) in [6.45, 7) is 3.03. The van der Waals surface area contributed by atoms with Crippen molar-refractivity contribution >= 4 is 17.3 Å². The molecule has 29 heavy (non-hydrogen) atoms. The highest BCUT2D eigenvalue weighted by molar-refractivity contribution is 6.25. The van der Waals surface area contributed by atoms with Crippen molar-refractivity contribution in [2.24, 2.45) is 11.8 Å². The number of carbonyl (C=O) groups is 3. The first-order chi connectivity index (χ1) is 13.6. The topological polar surface area (TPSA) is 132 Å². The third-order valence-electron chi connectivity index (χ3n) is 6.53. The minimum absolute atomic E-state index is 0.0811. The number of phenols is 1. The SMILES string of the molecule is CCc1ccc(O)c2c1C[C@H]1C[C@H]3CC(O)=C(C(C)=O)C(=O)[C@@]3(O)C(O)=C1C2=O. The van der Waals surface area contributed by atoms with E-state index >= 15 is 0 Å². The molecule has 0 spiro atoms. The molecule has 0 saturated carbocycles. The Morgan fingerprint density at radius 2 is 1.86 bits per heavy atom. The average Bonchev–Trinajstić information content (AvgIpc) is 2.64. The van der Waals surface area contributed by atoms with Crippen molar-refractivity contribution in [1.29, 1.82) is 0 Å². The number of benzene rings is 1. The molecule has 0 unspecified atom stereocenters. The van der Waals surface area contributed by atoms with E-state index in [0.717, 1.165) is 12.5 Å². The van der Waals surface area contributed by atoms with E-state index in [4.69, 9.17) is 0 Å². The fourth-order valence-corrected chi connectivity index (χ4v) is 5.12. The van der Waals surface area contributed by atoms with E-state index in [1.807, 2.05) is 6.92 Å². The smallest absolute Gasteiger partial charge is 0.209 e. The van der Waals surface area contributed by atoms with Crippen LogP contribution in [0.2, 0.25) is 0 Å². The Balaban J connectivity index is 1.92. The monoisotopic (exact) mass is 398 g/mol. The molecule has 4 rings (SSSR count). The van der Waals surface area contributed by atoms with Crippen molar-refractivity contribution < 1.29 is 34.8 Å². The number of Topliss-reactive ketones (excluding diaryl/α,β-unsaturated/α-hetero) is 3. The Morgan fingerprint density at radius 3 is 2.48 bits per heavy atom. The number of aliphatic hydroxyl groups excluding tert-OH is 2. The maximum absolute atomic E-state index is 13.2. The fourth-order valence-electron chi connectivity index (χ4n) is 5.12. The first-order valence-electron chi connectivity index (χ1n) is 9.65. The van der Waals surface area contributed by atoms with Gasteiger partial charge < -0.3 is 20.4 Å². The second-order valence-corrected chi connectivity index (χ2v) is 8.05. The lowest BCUT2D eigenvalue weighted by Crippen LogP contribution is -2.56. The number of ketones is 3. The second kappa shape index (κ2) is 6.29. The summed E-state index contributed by atoms with van der Waals surface area (Å²) in [6, 6.07) is 3.18. The van der Waals surface area contributed by atoms with Gasteiger partial charge in [-0.3, -0.25) is 14.4 Å². The van der Waals surface area contributed by atoms with Crippen molar-refractivity contribution in [3.63, 3.8) is 0 Å². The van der Waals surface area contributed by atoms with Crippen LogP contribution in [0.5, 0.6) is 5.75 Å². The molecule has 3 atom stereocenters. The third kappa shape index (κ3) is 2.43. The van der Waals surface area contributed by atoms with Gasteiger partial charge in [-0.25, -0.2) is 0 Å². The molecule has 0 bridgehead atoms. The lowest BCUT2D eigenvalue weighted by molar-refractivity contribution is -0.144. The quantitative estimate of drug-likeness (QED) is 0.562. The standard InChI is InChI=1S/C22H22O7/c1-3-10-4-5-14(24)18-13(10)7-11-6-12-8-15(25)16(9(2)23)20(27)22(12,29)21(28)17(11)19(18)26/h4-5,11-12,24-25,28-29H,3,6-8H2,1-2H3/t11-,12+,22-/m1/s1. The number of hydrogen-bond acceptors (Lipinski definition) is 7. The molecule has 0 aromatic heterocycles. The number of carbonyl (C=O) groups excluding carboxylic acids is 3. The van der Waals surface area contributed by atoms with Crippen LogP contribution in [-0.2, 0) is 22.4 Å². The molecule has 3 aliphatic rings. The van der Waals surface area contributed by atoms with Crippen LogP contribution in [0.1, 0.15) is 48.2 Å². The highest BCUT2D eigenvalue weighted by Crippen LogP contribution is 2.51. The van der Waals surface area contributed by atoms with Gasteiger partial charge >= 0.3 is 0 Å². The summed E-state index contributed by atoms with van der Waals surface area (Å²) >= 11 is 0. The molecule has 4 N–H and O–H groups in total. The van der Waals surface area contributed by atoms with E-state index in [9.17, 15) is 34.8 Å². The zero-order valence-electron chi connectivity index (χ0n) is 16.2. The summed E-state index contributed by atoms with van der Waals surface area (Å²) in [7, 11) is 0. The predicted molar refractivity (Wildman–Crippen MR) is 102 cm³/mol. The molecule has 7 nitrogen and oxygen atoms in total. The number of hydrogen-bond donors (Lipinski definition) is 4. The van der Waals surface area contributed by atoms with Crippen LogP contribution < -0.4 is 0 Å². The van der Waals surface area contributed by atoms with E-state index in [-0.39, 0.29) is 29.7 Å². The van der Waals surface area contributed by atoms with Crippen molar-refractivity contribution in [3.8, 4) is 5.75 Å². The number of rotatable bonds is 2. The molecule has 7 heteroatoms. The summed E-state index contributed by atoms with van der Waals surface area (Å²) in [4.78, 5) is 37.9. The Kier molecular flexibility index (Phi) is 4.20. The molecule has 0 fully saturated rings. The minimum atomic E-state index is -2.44. The molecule has 0 amide bonds. The largest absolute Gasteiger partial charge is 0.511 e. The first-order valence-corrected chi connectivity index (χ1v) is 9.65. The summed E-state index contributed by atoms with van der Waals surface area (Å²) in [5, 5.41) is 42.6. The van der Waals surface area contributed by atoms with Crippen LogP contribution in [0, 0.1) is 11.8 Å². The Bertz CT molecular complexity index is 1050. The number of phenolic OH excluding ortho intramolecular Hbond substituents is 1. The van der Waals surface area contributed by atoms with Gasteiger partial charge in [-0.05, 0) is 49.3 Å². The molecule has 0 heterocycles. The molecule has 0 radical (unpaired) electrons. The fraction of sp³-hybridized carbons (Fsp3) is 0.409. The van der Waals surface area contributed by atoms with Gasteiger partial charge in [-0.15, -0.1) is 0 Å². The van der Waals surface area contributed by atoms with Crippen LogP contribution in [0.25, 0.3) is 0 Å². The summed E-state index contributed by atoms with van der Waals surface area (Å²) in [5.74, 6) is -5.14. The van der Waals surface area contributed by atoms with E-state index in [0.29, 0.717) is 18.4 Å². The Hall–Kier alpha value is -2.93. The molecule has 1 aromatic rings. The number of aryl methyl sites for hydroxylation is 1. The number of allylic oxidation sites excluding steroid dienone is 2. The van der Waals surface area contributed by atoms with E-state index in [2.05, 4.69) is 0 Å². The Labute approximate surface area is 167 Å². The average molecular weight is 398 g/mol. The molecule has 0 saturated heterocycles. The van der Waals surface area contributed by atoms with Crippen LogP contribution in [0.4, 0.5) is 0 Å². The Morgan fingerprint density at radius 1 is 1.17 bits per heavy atom. The second-order valence-electron chi connectivity index (χ2n) is 8.05. The van der Waals surface area contributed by atoms with Gasteiger partial charge in [0.2, 0.25) is 5.78 Å². The molecule has 152 valence electrons. The summed E-state index contributed by atoms with van der Waals surface area (Å²) in [6.07, 6.45) is 1.06. The summed E-state index contributed by atoms with van der Waals surface area (Å²) < 4.78 is 0. The molecule has 1 aromatic carbocycles. The van der Waals surface area contributed by atoms with Crippen LogP contribution in [-0.4, -0.2) is 43.4 Å². The highest BCUT2D eigenvalue weighted by Gasteiger charge is 2.59. The van der Waals surface area contributed by atoms with Crippen molar-refractivity contribution in [2.45, 2.75) is 45.1 Å². The first kappa shape index (κ1) is 19.4. The van der Waals surface area contributed by atoms with E-state index < -0.39 is 51.9 Å². The molecular weight excluding hydrogens is 376 g/mol. The molecular formula is C22H22O7. The third-order valence-corrected chi connectivity index (χ3v) is 6.53. The number of aliphatic hydroxyl groups is 3. The minimum Gasteiger partial charge on any atom is -0.511 e. The number of aromatic hydroxyl groups is 1. The summed E-state index contributed by atoms with van der Waals surface area (Å²) in [5.41, 5.74) is -1.39. The zero-order chi connectivity index (χ0) is 21.2. The van der Waals surface area contributed by atoms with Gasteiger partial charge in [0, 0.05) is 17.9 Å². The lowest BCUT2D eigenvalue weighted by Gasteiger charge is -2.45. The van der Waals surface area contributed by atoms with Crippen molar-refractivity contribution in [1.82, 2.24) is 0 Å². The maximum atomic E-state index is 13.2. The van der Waals surface area contributed by atoms with Crippen molar-refractivity contribution in [2.75, 3.05) is 0 Å².